The van der Waals surface area contributed by atoms with Crippen LogP contribution >= 0.6 is 23.4 Å². The minimum Gasteiger partial charge on any atom is -0.316 e. The molecule has 20 heavy (non-hydrogen) atoms. The minimum atomic E-state index is -4.15. The molecule has 0 aromatic heterocycles. The summed E-state index contributed by atoms with van der Waals surface area (Å²) >= 11 is 5.88. The molecule has 0 aliphatic heterocycles. The van der Waals surface area contributed by atoms with Crippen molar-refractivity contribution in [2.24, 2.45) is 0 Å². The van der Waals surface area contributed by atoms with Crippen LogP contribution in [0.3, 0.4) is 0 Å². The van der Waals surface area contributed by atoms with Crippen LogP contribution in [0.2, 0.25) is 5.02 Å². The van der Waals surface area contributed by atoms with Crippen LogP contribution in [-0.2, 0) is 0 Å². The third kappa shape index (κ3) is 7.41. The van der Waals surface area contributed by atoms with Crippen LogP contribution in [0.25, 0.3) is 0 Å². The molecule has 0 bridgehead atoms. The van der Waals surface area contributed by atoms with Crippen LogP contribution in [-0.4, -0.2) is 24.4 Å². The number of nitrogens with one attached hydrogen (secondary N) is 1. The fraction of sp³-hybridized carbons (Fsp3) is 0.571. The van der Waals surface area contributed by atoms with Crippen molar-refractivity contribution in [3.05, 3.63) is 34.9 Å². The minimum absolute atomic E-state index is 0.0451. The third-order valence-electron chi connectivity index (χ3n) is 2.89. The molecular weight excluding hydrogens is 307 g/mol. The van der Waals surface area contributed by atoms with Gasteiger partial charge in [0.15, 0.2) is 0 Å². The average Bonchev–Trinajstić information content (AvgIpc) is 2.37. The second-order valence-corrected chi connectivity index (χ2v) is 6.13. The van der Waals surface area contributed by atoms with Gasteiger partial charge in [-0.3, -0.25) is 0 Å². The van der Waals surface area contributed by atoms with Crippen molar-refractivity contribution in [1.82, 2.24) is 5.32 Å². The molecule has 0 fully saturated rings. The highest BCUT2D eigenvalue weighted by Crippen LogP contribution is 2.32. The first kappa shape index (κ1) is 17.7. The molecule has 1 aromatic carbocycles. The lowest BCUT2D eigenvalue weighted by atomic mass is 9.96. The first-order chi connectivity index (χ1) is 9.42. The Hall–Kier alpha value is -0.390. The summed E-state index contributed by atoms with van der Waals surface area (Å²) in [4.78, 5) is 0. The Bertz CT molecular complexity index is 381. The van der Waals surface area contributed by atoms with Gasteiger partial charge in [0.25, 0.3) is 0 Å². The molecule has 1 aromatic rings. The zero-order valence-corrected chi connectivity index (χ0v) is 12.9. The van der Waals surface area contributed by atoms with E-state index in [4.69, 9.17) is 11.6 Å². The standard InChI is InChI=1S/C14H19ClF3NS/c1-2-8-19-10-12(7-9-20-14(16,17)18)11-3-5-13(15)6-4-11/h3-6,12,19H,2,7-10H2,1H3. The molecule has 1 N–H and O–H groups in total. The zero-order valence-electron chi connectivity index (χ0n) is 11.3. The predicted octanol–water partition coefficient (Wildman–Crippen LogP) is 5.07. The van der Waals surface area contributed by atoms with Gasteiger partial charge in [-0.05, 0) is 43.0 Å². The molecule has 1 unspecified atom stereocenters. The number of thioether (sulfide) groups is 1. The van der Waals surface area contributed by atoms with Crippen molar-refractivity contribution in [3.8, 4) is 0 Å². The van der Waals surface area contributed by atoms with E-state index in [-0.39, 0.29) is 23.4 Å². The number of rotatable bonds is 8. The number of hydrogen-bond donors (Lipinski definition) is 1. The van der Waals surface area contributed by atoms with Gasteiger partial charge in [-0.15, -0.1) is 0 Å². The average molecular weight is 326 g/mol. The molecule has 0 aliphatic rings. The van der Waals surface area contributed by atoms with E-state index in [9.17, 15) is 13.2 Å². The van der Waals surface area contributed by atoms with Crippen LogP contribution in [0, 0.1) is 0 Å². The van der Waals surface area contributed by atoms with Gasteiger partial charge in [-0.2, -0.15) is 13.2 Å². The molecule has 6 heteroatoms. The molecule has 1 nitrogen and oxygen atoms in total. The Morgan fingerprint density at radius 1 is 1.25 bits per heavy atom. The van der Waals surface area contributed by atoms with E-state index in [2.05, 4.69) is 12.2 Å². The summed E-state index contributed by atoms with van der Waals surface area (Å²) < 4.78 is 36.6. The van der Waals surface area contributed by atoms with Crippen LogP contribution in [0.15, 0.2) is 24.3 Å². The first-order valence-corrected chi connectivity index (χ1v) is 7.95. The van der Waals surface area contributed by atoms with E-state index in [1.807, 2.05) is 12.1 Å². The summed E-state index contributed by atoms with van der Waals surface area (Å²) in [5.74, 6) is 0.151. The molecule has 0 saturated carbocycles. The lowest BCUT2D eigenvalue weighted by molar-refractivity contribution is -0.0328. The molecular formula is C14H19ClF3NS. The molecule has 0 radical (unpaired) electrons. The van der Waals surface area contributed by atoms with Gasteiger partial charge in [0.05, 0.1) is 0 Å². The van der Waals surface area contributed by atoms with E-state index in [0.717, 1.165) is 18.5 Å². The number of halogens is 4. The summed E-state index contributed by atoms with van der Waals surface area (Å²) in [6.07, 6.45) is 1.49. The van der Waals surface area contributed by atoms with Gasteiger partial charge in [-0.1, -0.05) is 42.4 Å². The molecule has 1 atom stereocenters. The van der Waals surface area contributed by atoms with Crippen molar-refractivity contribution < 1.29 is 13.2 Å². The molecule has 0 aliphatic carbocycles. The lowest BCUT2D eigenvalue weighted by Crippen LogP contribution is -2.23. The van der Waals surface area contributed by atoms with Gasteiger partial charge >= 0.3 is 5.51 Å². The molecule has 0 amide bonds. The maximum atomic E-state index is 12.2. The highest BCUT2D eigenvalue weighted by Gasteiger charge is 2.28. The lowest BCUT2D eigenvalue weighted by Gasteiger charge is -2.18. The van der Waals surface area contributed by atoms with Gasteiger partial charge < -0.3 is 5.32 Å². The van der Waals surface area contributed by atoms with Gasteiger partial charge in [0.2, 0.25) is 0 Å². The van der Waals surface area contributed by atoms with Crippen LogP contribution in [0.1, 0.15) is 31.2 Å². The third-order valence-corrected chi connectivity index (χ3v) is 3.91. The Labute approximate surface area is 127 Å². The number of hydrogen-bond acceptors (Lipinski definition) is 2. The van der Waals surface area contributed by atoms with Gasteiger partial charge in [0.1, 0.15) is 0 Å². The summed E-state index contributed by atoms with van der Waals surface area (Å²) in [7, 11) is 0. The monoisotopic (exact) mass is 325 g/mol. The Morgan fingerprint density at radius 3 is 2.45 bits per heavy atom. The van der Waals surface area contributed by atoms with Crippen molar-refractivity contribution in [1.29, 1.82) is 0 Å². The summed E-state index contributed by atoms with van der Waals surface area (Å²) in [6.45, 7) is 3.62. The van der Waals surface area contributed by atoms with E-state index < -0.39 is 5.51 Å². The fourth-order valence-corrected chi connectivity index (χ4v) is 2.65. The van der Waals surface area contributed by atoms with Crippen LogP contribution < -0.4 is 5.32 Å². The van der Waals surface area contributed by atoms with E-state index in [1.54, 1.807) is 12.1 Å². The second-order valence-electron chi connectivity index (χ2n) is 4.54. The summed E-state index contributed by atoms with van der Waals surface area (Å²) in [6, 6.07) is 7.33. The van der Waals surface area contributed by atoms with Crippen LogP contribution in [0.5, 0.6) is 0 Å². The normalized spacial score (nSPS) is 13.4. The smallest absolute Gasteiger partial charge is 0.316 e. The molecule has 114 valence electrons. The van der Waals surface area contributed by atoms with E-state index in [0.29, 0.717) is 18.0 Å². The number of alkyl halides is 3. The van der Waals surface area contributed by atoms with E-state index in [1.165, 1.54) is 0 Å². The maximum absolute atomic E-state index is 12.2. The summed E-state index contributed by atoms with van der Waals surface area (Å²) in [5.41, 5.74) is -3.12. The second kappa shape index (κ2) is 8.80. The van der Waals surface area contributed by atoms with E-state index >= 15 is 0 Å². The van der Waals surface area contributed by atoms with Gasteiger partial charge in [0, 0.05) is 17.3 Å². The highest BCUT2D eigenvalue weighted by atomic mass is 35.5. The SMILES string of the molecule is CCCNCC(CCSC(F)(F)F)c1ccc(Cl)cc1. The molecule has 0 heterocycles. The first-order valence-electron chi connectivity index (χ1n) is 6.59. The molecule has 1 rings (SSSR count). The van der Waals surface area contributed by atoms with Crippen molar-refractivity contribution in [3.63, 3.8) is 0 Å². The van der Waals surface area contributed by atoms with Crippen molar-refractivity contribution in [2.45, 2.75) is 31.2 Å². The van der Waals surface area contributed by atoms with Crippen molar-refractivity contribution in [2.75, 3.05) is 18.8 Å². The number of benzene rings is 1. The maximum Gasteiger partial charge on any atom is 0.441 e. The van der Waals surface area contributed by atoms with Gasteiger partial charge in [-0.25, -0.2) is 0 Å². The van der Waals surface area contributed by atoms with Crippen LogP contribution in [0.4, 0.5) is 13.2 Å². The Balaban J connectivity index is 2.57. The Morgan fingerprint density at radius 2 is 1.90 bits per heavy atom. The highest BCUT2D eigenvalue weighted by molar-refractivity contribution is 8.00. The fourth-order valence-electron chi connectivity index (χ4n) is 1.89. The molecule has 0 saturated heterocycles. The predicted molar refractivity (Wildman–Crippen MR) is 80.5 cm³/mol. The quantitative estimate of drug-likeness (QED) is 0.670. The summed E-state index contributed by atoms with van der Waals surface area (Å²) in [5, 5.41) is 3.91. The van der Waals surface area contributed by atoms with Crippen molar-refractivity contribution >= 4 is 23.4 Å². The Kier molecular flexibility index (Phi) is 7.77. The molecule has 0 spiro atoms. The topological polar surface area (TPSA) is 12.0 Å². The largest absolute Gasteiger partial charge is 0.441 e. The zero-order chi connectivity index (χ0) is 15.0.